The zero-order chi connectivity index (χ0) is 15.4. The molecule has 110 valence electrons. The molecule has 0 radical (unpaired) electrons. The second kappa shape index (κ2) is 7.04. The Morgan fingerprint density at radius 3 is 2.43 bits per heavy atom. The van der Waals surface area contributed by atoms with Gasteiger partial charge in [0.25, 0.3) is 0 Å². The minimum absolute atomic E-state index is 0.0363. The van der Waals surface area contributed by atoms with E-state index in [1.807, 2.05) is 19.1 Å². The maximum absolute atomic E-state index is 13.4. The zero-order valence-corrected chi connectivity index (χ0v) is 14.4. The Hall–Kier alpha value is -1.40. The van der Waals surface area contributed by atoms with Crippen LogP contribution in [0, 0.1) is 12.7 Å². The minimum atomic E-state index is -0.455. The van der Waals surface area contributed by atoms with Gasteiger partial charge in [0.05, 0.1) is 17.9 Å². The summed E-state index contributed by atoms with van der Waals surface area (Å²) in [5.41, 5.74) is 2.05. The highest BCUT2D eigenvalue weighted by molar-refractivity contribution is 9.11. The van der Waals surface area contributed by atoms with Crippen molar-refractivity contribution in [1.82, 2.24) is 0 Å². The zero-order valence-electron chi connectivity index (χ0n) is 11.2. The van der Waals surface area contributed by atoms with E-state index in [4.69, 9.17) is 0 Å². The van der Waals surface area contributed by atoms with Crippen LogP contribution >= 0.6 is 31.9 Å². The summed E-state index contributed by atoms with van der Waals surface area (Å²) in [4.78, 5) is 11.9. The van der Waals surface area contributed by atoms with Crippen molar-refractivity contribution >= 4 is 49.1 Å². The number of anilines is 2. The summed E-state index contributed by atoms with van der Waals surface area (Å²) in [6.07, 6.45) is 0. The molecule has 0 aliphatic carbocycles. The number of benzene rings is 2. The van der Waals surface area contributed by atoms with Crippen LogP contribution in [0.25, 0.3) is 0 Å². The van der Waals surface area contributed by atoms with Crippen LogP contribution in [0.4, 0.5) is 15.8 Å². The van der Waals surface area contributed by atoms with Crippen molar-refractivity contribution in [1.29, 1.82) is 0 Å². The molecule has 2 N–H and O–H groups in total. The Balaban J connectivity index is 2.01. The molecule has 0 aliphatic heterocycles. The van der Waals surface area contributed by atoms with Crippen LogP contribution in [0.5, 0.6) is 0 Å². The third-order valence-corrected chi connectivity index (χ3v) is 4.01. The van der Waals surface area contributed by atoms with Gasteiger partial charge in [-0.25, -0.2) is 4.39 Å². The molecule has 0 atom stereocenters. The van der Waals surface area contributed by atoms with Crippen LogP contribution in [0.1, 0.15) is 5.56 Å². The van der Waals surface area contributed by atoms with Crippen LogP contribution in [-0.4, -0.2) is 12.5 Å². The first-order valence-electron chi connectivity index (χ1n) is 6.21. The van der Waals surface area contributed by atoms with E-state index in [-0.39, 0.29) is 18.1 Å². The van der Waals surface area contributed by atoms with Gasteiger partial charge in [0, 0.05) is 8.95 Å². The van der Waals surface area contributed by atoms with Gasteiger partial charge in [-0.2, -0.15) is 0 Å². The van der Waals surface area contributed by atoms with Crippen molar-refractivity contribution in [2.75, 3.05) is 17.2 Å². The third kappa shape index (κ3) is 4.28. The molecule has 21 heavy (non-hydrogen) atoms. The standard InChI is InChI=1S/C15H13Br2FN2O/c1-9-6-10(16)15(11(17)7-9)19-8-14(21)20-13-5-3-2-4-12(13)18/h2-7,19H,8H2,1H3,(H,20,21). The van der Waals surface area contributed by atoms with E-state index in [2.05, 4.69) is 42.5 Å². The predicted molar refractivity (Wildman–Crippen MR) is 90.1 cm³/mol. The smallest absolute Gasteiger partial charge is 0.243 e. The molecule has 3 nitrogen and oxygen atoms in total. The van der Waals surface area contributed by atoms with Crippen molar-refractivity contribution in [3.05, 3.63) is 56.7 Å². The van der Waals surface area contributed by atoms with Crippen LogP contribution in [0.15, 0.2) is 45.3 Å². The average molecular weight is 416 g/mol. The summed E-state index contributed by atoms with van der Waals surface area (Å²) in [6, 6.07) is 9.95. The summed E-state index contributed by atoms with van der Waals surface area (Å²) >= 11 is 6.88. The van der Waals surface area contributed by atoms with Gasteiger partial charge in [-0.05, 0) is 68.6 Å². The molecule has 0 fully saturated rings. The fourth-order valence-electron chi connectivity index (χ4n) is 1.79. The van der Waals surface area contributed by atoms with Crippen LogP contribution in [0.3, 0.4) is 0 Å². The van der Waals surface area contributed by atoms with Crippen LogP contribution < -0.4 is 10.6 Å². The number of carbonyl (C=O) groups excluding carboxylic acids is 1. The van der Waals surface area contributed by atoms with Crippen molar-refractivity contribution in [3.8, 4) is 0 Å². The van der Waals surface area contributed by atoms with Crippen LogP contribution in [0.2, 0.25) is 0 Å². The largest absolute Gasteiger partial charge is 0.374 e. The molecule has 0 aromatic heterocycles. The van der Waals surface area contributed by atoms with E-state index in [0.717, 1.165) is 20.2 Å². The highest BCUT2D eigenvalue weighted by Gasteiger charge is 2.09. The molecule has 2 rings (SSSR count). The van der Waals surface area contributed by atoms with Gasteiger partial charge in [0.2, 0.25) is 5.91 Å². The second-order valence-corrected chi connectivity index (χ2v) is 6.19. The Morgan fingerprint density at radius 1 is 1.19 bits per heavy atom. The third-order valence-electron chi connectivity index (χ3n) is 2.76. The summed E-state index contributed by atoms with van der Waals surface area (Å²) < 4.78 is 15.1. The number of halogens is 3. The molecule has 0 aliphatic rings. The van der Waals surface area contributed by atoms with Crippen molar-refractivity contribution in [3.63, 3.8) is 0 Å². The predicted octanol–water partition coefficient (Wildman–Crippen LogP) is 4.71. The number of amides is 1. The molecule has 0 heterocycles. The molecule has 1 amide bonds. The topological polar surface area (TPSA) is 41.1 Å². The Morgan fingerprint density at radius 2 is 1.81 bits per heavy atom. The molecule has 0 saturated carbocycles. The van der Waals surface area contributed by atoms with Gasteiger partial charge >= 0.3 is 0 Å². The van der Waals surface area contributed by atoms with E-state index in [9.17, 15) is 9.18 Å². The molecule has 0 saturated heterocycles. The average Bonchev–Trinajstić information content (AvgIpc) is 2.40. The molecule has 0 bridgehead atoms. The highest BCUT2D eigenvalue weighted by atomic mass is 79.9. The van der Waals surface area contributed by atoms with Gasteiger partial charge in [-0.15, -0.1) is 0 Å². The number of carbonyl (C=O) groups is 1. The van der Waals surface area contributed by atoms with E-state index in [1.54, 1.807) is 12.1 Å². The van der Waals surface area contributed by atoms with Crippen LogP contribution in [-0.2, 0) is 4.79 Å². The maximum atomic E-state index is 13.4. The van der Waals surface area contributed by atoms with Gasteiger partial charge in [-0.3, -0.25) is 4.79 Å². The van der Waals surface area contributed by atoms with Gasteiger partial charge in [-0.1, -0.05) is 12.1 Å². The number of hydrogen-bond donors (Lipinski definition) is 2. The highest BCUT2D eigenvalue weighted by Crippen LogP contribution is 2.32. The van der Waals surface area contributed by atoms with E-state index in [1.165, 1.54) is 12.1 Å². The molecule has 0 unspecified atom stereocenters. The van der Waals surface area contributed by atoms with Crippen molar-refractivity contribution < 1.29 is 9.18 Å². The molecule has 0 spiro atoms. The normalized spacial score (nSPS) is 10.3. The van der Waals surface area contributed by atoms with Crippen molar-refractivity contribution in [2.45, 2.75) is 6.92 Å². The molecule has 2 aromatic carbocycles. The fraction of sp³-hybridized carbons (Fsp3) is 0.133. The Labute approximate surface area is 139 Å². The van der Waals surface area contributed by atoms with Gasteiger partial charge in [0.15, 0.2) is 0 Å². The summed E-state index contributed by atoms with van der Waals surface area (Å²) in [6.45, 7) is 2.01. The quantitative estimate of drug-likeness (QED) is 0.759. The summed E-state index contributed by atoms with van der Waals surface area (Å²) in [5, 5.41) is 5.54. The number of hydrogen-bond acceptors (Lipinski definition) is 2. The molecule has 6 heteroatoms. The van der Waals surface area contributed by atoms with E-state index >= 15 is 0 Å². The second-order valence-electron chi connectivity index (χ2n) is 4.49. The van der Waals surface area contributed by atoms with E-state index < -0.39 is 5.82 Å². The number of nitrogens with one attached hydrogen (secondary N) is 2. The number of para-hydroxylation sites is 1. The SMILES string of the molecule is Cc1cc(Br)c(NCC(=O)Nc2ccccc2F)c(Br)c1. The first-order chi connectivity index (χ1) is 9.97. The first-order valence-corrected chi connectivity index (χ1v) is 7.80. The number of aryl methyl sites for hydroxylation is 1. The monoisotopic (exact) mass is 414 g/mol. The fourth-order valence-corrected chi connectivity index (χ4v) is 3.49. The number of rotatable bonds is 4. The van der Waals surface area contributed by atoms with Gasteiger partial charge in [0.1, 0.15) is 5.82 Å². The summed E-state index contributed by atoms with van der Waals surface area (Å²) in [7, 11) is 0. The molecular weight excluding hydrogens is 403 g/mol. The first kappa shape index (κ1) is 16.0. The lowest BCUT2D eigenvalue weighted by atomic mass is 10.2. The maximum Gasteiger partial charge on any atom is 0.243 e. The Kier molecular flexibility index (Phi) is 5.36. The Bertz CT molecular complexity index is 653. The molecule has 2 aromatic rings. The lowest BCUT2D eigenvalue weighted by molar-refractivity contribution is -0.114. The molecular formula is C15H13Br2FN2O. The van der Waals surface area contributed by atoms with Gasteiger partial charge < -0.3 is 10.6 Å². The minimum Gasteiger partial charge on any atom is -0.374 e. The lowest BCUT2D eigenvalue weighted by Crippen LogP contribution is -2.22. The summed E-state index contributed by atoms with van der Waals surface area (Å²) in [5.74, 6) is -0.775. The van der Waals surface area contributed by atoms with E-state index in [0.29, 0.717) is 0 Å². The van der Waals surface area contributed by atoms with Crippen molar-refractivity contribution in [2.24, 2.45) is 0 Å². The lowest BCUT2D eigenvalue weighted by Gasteiger charge is -2.12.